The molecule has 4 aromatic rings. The first-order chi connectivity index (χ1) is 21.6. The Bertz CT molecular complexity index is 1550. The molecule has 2 aliphatic rings. The number of hydrogen-bond donors (Lipinski definition) is 0. The van der Waals surface area contributed by atoms with Gasteiger partial charge in [-0.3, -0.25) is 9.69 Å². The Hall–Kier alpha value is -3.19. The van der Waals surface area contributed by atoms with Gasteiger partial charge in [0.1, 0.15) is 5.75 Å². The highest BCUT2D eigenvalue weighted by molar-refractivity contribution is 6.30. The van der Waals surface area contributed by atoms with Crippen LogP contribution in [0.15, 0.2) is 77.6 Å². The van der Waals surface area contributed by atoms with Crippen LogP contribution in [0.5, 0.6) is 5.75 Å². The van der Waals surface area contributed by atoms with E-state index < -0.39 is 0 Å². The molecule has 0 spiro atoms. The highest BCUT2D eigenvalue weighted by Crippen LogP contribution is 2.25. The summed E-state index contributed by atoms with van der Waals surface area (Å²) in [5.74, 6) is 0.955. The number of benzene rings is 3. The molecule has 3 aromatic carbocycles. The Balaban J connectivity index is 1.05. The van der Waals surface area contributed by atoms with Gasteiger partial charge in [-0.1, -0.05) is 66.9 Å². The monoisotopic (exact) mass is 612 g/mol. The molecule has 232 valence electrons. The number of fused-ring (bicyclic) bond motifs is 1. The average Bonchev–Trinajstić information content (AvgIpc) is 3.46. The number of hydrogen-bond acceptors (Lipinski definition) is 5. The second-order valence-electron chi connectivity index (χ2n) is 12.5. The topological polar surface area (TPSA) is 50.6 Å². The maximum Gasteiger partial charge on any atom is 0.274 e. The van der Waals surface area contributed by atoms with E-state index in [-0.39, 0.29) is 11.6 Å². The van der Waals surface area contributed by atoms with E-state index in [2.05, 4.69) is 34.1 Å². The van der Waals surface area contributed by atoms with Crippen LogP contribution in [0.1, 0.15) is 74.2 Å². The molecule has 2 saturated heterocycles. The molecular formula is C37H45ClN4O2. The van der Waals surface area contributed by atoms with Crippen LogP contribution in [0.2, 0.25) is 5.02 Å². The lowest BCUT2D eigenvalue weighted by Gasteiger charge is -2.21. The molecule has 0 bridgehead atoms. The van der Waals surface area contributed by atoms with Crippen molar-refractivity contribution in [3.63, 3.8) is 0 Å². The predicted octanol–water partition coefficient (Wildman–Crippen LogP) is 7.51. The number of rotatable bonds is 10. The lowest BCUT2D eigenvalue weighted by atomic mass is 10.0. The quantitative estimate of drug-likeness (QED) is 0.173. The van der Waals surface area contributed by atoms with Gasteiger partial charge in [-0.05, 0) is 99.6 Å². The maximum atomic E-state index is 13.6. The molecule has 1 unspecified atom stereocenters. The summed E-state index contributed by atoms with van der Waals surface area (Å²) in [5.41, 5.74) is 3.38. The van der Waals surface area contributed by atoms with Gasteiger partial charge in [-0.2, -0.15) is 5.10 Å². The van der Waals surface area contributed by atoms with Gasteiger partial charge < -0.3 is 9.64 Å². The number of halogens is 1. The molecule has 6 rings (SSSR count). The highest BCUT2D eigenvalue weighted by atomic mass is 35.5. The first kappa shape index (κ1) is 30.8. The molecule has 0 N–H and O–H groups in total. The summed E-state index contributed by atoms with van der Waals surface area (Å²) in [5, 5.41) is 7.40. The zero-order chi connectivity index (χ0) is 30.1. The molecule has 2 fully saturated rings. The van der Waals surface area contributed by atoms with Crippen molar-refractivity contribution in [2.24, 2.45) is 0 Å². The summed E-state index contributed by atoms with van der Waals surface area (Å²) in [6.07, 6.45) is 10.1. The van der Waals surface area contributed by atoms with Gasteiger partial charge in [0.15, 0.2) is 0 Å². The van der Waals surface area contributed by atoms with E-state index in [1.54, 1.807) is 4.68 Å². The van der Waals surface area contributed by atoms with E-state index in [0.29, 0.717) is 6.42 Å². The Labute approximate surface area is 266 Å². The Morgan fingerprint density at radius 1 is 0.750 bits per heavy atom. The Kier molecular flexibility index (Phi) is 10.6. The average molecular weight is 613 g/mol. The Morgan fingerprint density at radius 2 is 1.45 bits per heavy atom. The largest absolute Gasteiger partial charge is 0.494 e. The fourth-order valence-corrected chi connectivity index (χ4v) is 6.90. The number of nitrogens with zero attached hydrogens (tertiary/aromatic N) is 4. The van der Waals surface area contributed by atoms with Crippen LogP contribution in [0.3, 0.4) is 0 Å². The number of aromatic nitrogens is 2. The van der Waals surface area contributed by atoms with Crippen LogP contribution in [-0.2, 0) is 13.0 Å². The zero-order valence-electron chi connectivity index (χ0n) is 25.8. The molecule has 0 aliphatic carbocycles. The molecule has 3 heterocycles. The summed E-state index contributed by atoms with van der Waals surface area (Å²) < 4.78 is 7.85. The van der Waals surface area contributed by atoms with Gasteiger partial charge >= 0.3 is 0 Å². The van der Waals surface area contributed by atoms with Gasteiger partial charge in [-0.25, -0.2) is 4.68 Å². The van der Waals surface area contributed by atoms with Gasteiger partial charge in [0.25, 0.3) is 5.56 Å². The SMILES string of the molecule is O=c1c2ccccc2c(Cc2ccc(Cl)cc2)nn1C1CCCN(Cc2ccc(OCCCN3CCCCCC3)cc2)CC1. The number of likely N-dealkylation sites (tertiary alicyclic amines) is 2. The Morgan fingerprint density at radius 3 is 2.23 bits per heavy atom. The van der Waals surface area contributed by atoms with Crippen LogP contribution >= 0.6 is 11.6 Å². The van der Waals surface area contributed by atoms with E-state index in [1.807, 2.05) is 48.5 Å². The third-order valence-electron chi connectivity index (χ3n) is 9.24. The van der Waals surface area contributed by atoms with Crippen molar-refractivity contribution in [3.8, 4) is 5.75 Å². The first-order valence-electron chi connectivity index (χ1n) is 16.5. The molecule has 7 heteroatoms. The predicted molar refractivity (Wildman–Crippen MR) is 180 cm³/mol. The van der Waals surface area contributed by atoms with Gasteiger partial charge in [0.05, 0.1) is 23.7 Å². The van der Waals surface area contributed by atoms with Crippen molar-refractivity contribution in [2.45, 2.75) is 70.4 Å². The second kappa shape index (κ2) is 15.2. The van der Waals surface area contributed by atoms with Gasteiger partial charge in [0.2, 0.25) is 0 Å². The third-order valence-corrected chi connectivity index (χ3v) is 9.49. The summed E-state index contributed by atoms with van der Waals surface area (Å²) in [6, 6.07) is 24.5. The molecule has 1 atom stereocenters. The fraction of sp³-hybridized carbons (Fsp3) is 0.459. The third kappa shape index (κ3) is 8.09. The van der Waals surface area contributed by atoms with E-state index in [9.17, 15) is 4.79 Å². The van der Waals surface area contributed by atoms with Crippen LogP contribution < -0.4 is 10.3 Å². The van der Waals surface area contributed by atoms with Crippen LogP contribution in [0, 0.1) is 0 Å². The molecular weight excluding hydrogens is 568 g/mol. The van der Waals surface area contributed by atoms with Gasteiger partial charge in [-0.15, -0.1) is 0 Å². The fourth-order valence-electron chi connectivity index (χ4n) is 6.78. The molecule has 44 heavy (non-hydrogen) atoms. The smallest absolute Gasteiger partial charge is 0.274 e. The minimum absolute atomic E-state index is 0.0147. The van der Waals surface area contributed by atoms with Crippen LogP contribution in [0.4, 0.5) is 0 Å². The standard InChI is InChI=1S/C37H45ClN4O2/c38-31-16-12-29(13-17-31)27-36-34-10-3-4-11-35(34)37(43)42(39-36)32-9-7-23-41(25-20-32)28-30-14-18-33(19-15-30)44-26-8-24-40-21-5-1-2-6-22-40/h3-4,10-19,32H,1-2,5-9,20-28H2. The van der Waals surface area contributed by atoms with Crippen molar-refractivity contribution in [1.29, 1.82) is 0 Å². The zero-order valence-corrected chi connectivity index (χ0v) is 26.6. The summed E-state index contributed by atoms with van der Waals surface area (Å²) >= 11 is 6.12. The van der Waals surface area contributed by atoms with Crippen molar-refractivity contribution in [3.05, 3.63) is 105 Å². The minimum atomic E-state index is 0.0147. The molecule has 0 amide bonds. The van der Waals surface area contributed by atoms with E-state index in [4.69, 9.17) is 21.4 Å². The van der Waals surface area contributed by atoms with Crippen molar-refractivity contribution < 1.29 is 4.74 Å². The highest BCUT2D eigenvalue weighted by Gasteiger charge is 2.22. The lowest BCUT2D eigenvalue weighted by molar-refractivity contribution is 0.240. The summed E-state index contributed by atoms with van der Waals surface area (Å²) in [6.45, 7) is 7.26. The van der Waals surface area contributed by atoms with E-state index in [0.717, 1.165) is 91.3 Å². The molecule has 0 saturated carbocycles. The normalized spacial score (nSPS) is 18.6. The van der Waals surface area contributed by atoms with Gasteiger partial charge in [0, 0.05) is 36.5 Å². The molecule has 0 radical (unpaired) electrons. The van der Waals surface area contributed by atoms with Crippen molar-refractivity contribution in [2.75, 3.05) is 39.3 Å². The minimum Gasteiger partial charge on any atom is -0.494 e. The van der Waals surface area contributed by atoms with E-state index in [1.165, 1.54) is 44.3 Å². The molecule has 6 nitrogen and oxygen atoms in total. The molecule has 1 aromatic heterocycles. The summed E-state index contributed by atoms with van der Waals surface area (Å²) in [7, 11) is 0. The summed E-state index contributed by atoms with van der Waals surface area (Å²) in [4.78, 5) is 18.7. The maximum absolute atomic E-state index is 13.6. The van der Waals surface area contributed by atoms with Crippen LogP contribution in [-0.4, -0.2) is 58.9 Å². The lowest BCUT2D eigenvalue weighted by Crippen LogP contribution is -2.30. The molecule has 2 aliphatic heterocycles. The van der Waals surface area contributed by atoms with Crippen molar-refractivity contribution in [1.82, 2.24) is 19.6 Å². The first-order valence-corrected chi connectivity index (χ1v) is 16.9. The van der Waals surface area contributed by atoms with E-state index >= 15 is 0 Å². The second-order valence-corrected chi connectivity index (χ2v) is 12.9. The number of ether oxygens (including phenoxy) is 1. The van der Waals surface area contributed by atoms with Crippen molar-refractivity contribution >= 4 is 22.4 Å². The van der Waals surface area contributed by atoms with Crippen LogP contribution in [0.25, 0.3) is 10.8 Å².